The lowest BCUT2D eigenvalue weighted by Gasteiger charge is -2.15. The van der Waals surface area contributed by atoms with Gasteiger partial charge in [0, 0.05) is 18.5 Å². The van der Waals surface area contributed by atoms with E-state index in [1.54, 1.807) is 4.57 Å². The van der Waals surface area contributed by atoms with E-state index in [1.165, 1.54) is 0 Å². The number of nitrogens with zero attached hydrogens (tertiary/aromatic N) is 3. The van der Waals surface area contributed by atoms with Crippen molar-refractivity contribution < 1.29 is 18.7 Å². The number of hydrogen-bond donors (Lipinski definition) is 1. The van der Waals surface area contributed by atoms with Gasteiger partial charge < -0.3 is 9.67 Å². The Hall–Kier alpha value is -2.31. The topological polar surface area (TPSA) is 68.0 Å². The molecule has 2 aromatic rings. The molecule has 104 valence electrons. The minimum absolute atomic E-state index is 0.0528. The zero-order valence-corrected chi connectivity index (χ0v) is 10.4. The number of rotatable bonds is 2. The van der Waals surface area contributed by atoms with Crippen LogP contribution in [0.3, 0.4) is 0 Å². The van der Waals surface area contributed by atoms with Crippen molar-refractivity contribution in [1.29, 1.82) is 0 Å². The maximum Gasteiger partial charge on any atom is 0.336 e. The number of hydrogen-bond acceptors (Lipinski definition) is 3. The fraction of sp³-hybridized carbons (Fsp3) is 0.308. The number of carboxylic acid groups (broad SMARTS) is 1. The van der Waals surface area contributed by atoms with Crippen LogP contribution in [0.2, 0.25) is 0 Å². The van der Waals surface area contributed by atoms with Crippen LogP contribution in [0, 0.1) is 11.6 Å². The average Bonchev–Trinajstić information content (AvgIpc) is 2.85. The summed E-state index contributed by atoms with van der Waals surface area (Å²) in [4.78, 5) is 11.2. The molecule has 0 amide bonds. The number of carboxylic acids is 1. The molecule has 3 rings (SSSR count). The van der Waals surface area contributed by atoms with Crippen LogP contribution in [0.4, 0.5) is 8.78 Å². The van der Waals surface area contributed by atoms with Crippen molar-refractivity contribution >= 4 is 5.97 Å². The van der Waals surface area contributed by atoms with E-state index in [4.69, 9.17) is 5.11 Å². The molecule has 0 saturated carbocycles. The van der Waals surface area contributed by atoms with E-state index in [-0.39, 0.29) is 17.0 Å². The van der Waals surface area contributed by atoms with Gasteiger partial charge >= 0.3 is 5.97 Å². The highest BCUT2D eigenvalue weighted by Gasteiger charge is 2.23. The Morgan fingerprint density at radius 1 is 1.20 bits per heavy atom. The van der Waals surface area contributed by atoms with Crippen LogP contribution in [0.25, 0.3) is 11.4 Å². The van der Waals surface area contributed by atoms with Crippen molar-refractivity contribution in [3.63, 3.8) is 0 Å². The van der Waals surface area contributed by atoms with Crippen molar-refractivity contribution in [3.05, 3.63) is 35.2 Å². The lowest BCUT2D eigenvalue weighted by Crippen LogP contribution is -2.13. The predicted octanol–water partition coefficient (Wildman–Crippen LogP) is 2.26. The molecule has 0 bridgehead atoms. The molecule has 7 heteroatoms. The van der Waals surface area contributed by atoms with E-state index in [0.29, 0.717) is 12.6 Å². The number of fused-ring (bicyclic) bond motifs is 1. The predicted molar refractivity (Wildman–Crippen MR) is 65.3 cm³/mol. The Morgan fingerprint density at radius 2 is 1.95 bits per heavy atom. The lowest BCUT2D eigenvalue weighted by atomic mass is 10.1. The SMILES string of the molecule is O=C(O)c1cc(F)c(F)cc1-c1nnc2n1CCCC2. The van der Waals surface area contributed by atoms with E-state index >= 15 is 0 Å². The van der Waals surface area contributed by atoms with Crippen LogP contribution in [0.1, 0.15) is 29.0 Å². The van der Waals surface area contributed by atoms with Gasteiger partial charge in [0.05, 0.1) is 5.56 Å². The van der Waals surface area contributed by atoms with E-state index in [2.05, 4.69) is 10.2 Å². The smallest absolute Gasteiger partial charge is 0.336 e. The third-order valence-corrected chi connectivity index (χ3v) is 3.39. The Kier molecular flexibility index (Phi) is 2.96. The highest BCUT2D eigenvalue weighted by molar-refractivity contribution is 5.95. The first-order valence-electron chi connectivity index (χ1n) is 6.22. The molecule has 20 heavy (non-hydrogen) atoms. The molecule has 1 N–H and O–H groups in total. The molecule has 0 unspecified atom stereocenters. The quantitative estimate of drug-likeness (QED) is 0.915. The van der Waals surface area contributed by atoms with Gasteiger partial charge in [-0.3, -0.25) is 0 Å². The summed E-state index contributed by atoms with van der Waals surface area (Å²) in [5.74, 6) is -2.60. The number of benzene rings is 1. The van der Waals surface area contributed by atoms with Gasteiger partial charge in [0.2, 0.25) is 0 Å². The summed E-state index contributed by atoms with van der Waals surface area (Å²) in [5.41, 5.74) is -0.262. The van der Waals surface area contributed by atoms with Crippen LogP contribution < -0.4 is 0 Å². The maximum atomic E-state index is 13.4. The second-order valence-corrected chi connectivity index (χ2v) is 4.67. The summed E-state index contributed by atoms with van der Waals surface area (Å²) in [7, 11) is 0. The molecular weight excluding hydrogens is 268 g/mol. The zero-order chi connectivity index (χ0) is 14.3. The standard InChI is InChI=1S/C13H11F2N3O2/c14-9-5-7(8(13(19)20)6-10(9)15)12-17-16-11-3-1-2-4-18(11)12/h5-6H,1-4H2,(H,19,20). The molecule has 0 fully saturated rings. The number of aromatic carboxylic acids is 1. The molecule has 1 aliphatic heterocycles. The number of carbonyl (C=O) groups is 1. The zero-order valence-electron chi connectivity index (χ0n) is 10.4. The Balaban J connectivity index is 2.21. The summed E-state index contributed by atoms with van der Waals surface area (Å²) >= 11 is 0. The van der Waals surface area contributed by atoms with Gasteiger partial charge in [-0.1, -0.05) is 0 Å². The molecule has 0 atom stereocenters. The van der Waals surface area contributed by atoms with E-state index < -0.39 is 17.6 Å². The van der Waals surface area contributed by atoms with Gasteiger partial charge in [0.15, 0.2) is 17.5 Å². The molecule has 1 aliphatic rings. The molecule has 5 nitrogen and oxygen atoms in total. The minimum atomic E-state index is -1.33. The Labute approximate surface area is 112 Å². The van der Waals surface area contributed by atoms with Crippen molar-refractivity contribution in [2.45, 2.75) is 25.8 Å². The minimum Gasteiger partial charge on any atom is -0.478 e. The van der Waals surface area contributed by atoms with E-state index in [0.717, 1.165) is 31.2 Å². The Bertz CT molecular complexity index is 697. The summed E-state index contributed by atoms with van der Waals surface area (Å²) in [6.07, 6.45) is 2.66. The van der Waals surface area contributed by atoms with Crippen LogP contribution in [0.5, 0.6) is 0 Å². The molecule has 1 aromatic carbocycles. The van der Waals surface area contributed by atoms with Crippen molar-refractivity contribution in [2.75, 3.05) is 0 Å². The fourth-order valence-electron chi connectivity index (χ4n) is 2.42. The number of aryl methyl sites for hydroxylation is 1. The Morgan fingerprint density at radius 3 is 2.70 bits per heavy atom. The van der Waals surface area contributed by atoms with Crippen molar-refractivity contribution in [3.8, 4) is 11.4 Å². The molecule has 2 heterocycles. The summed E-state index contributed by atoms with van der Waals surface area (Å²) in [6, 6.07) is 1.54. The van der Waals surface area contributed by atoms with E-state index in [1.807, 2.05) is 0 Å². The molecule has 0 radical (unpaired) electrons. The van der Waals surface area contributed by atoms with Gasteiger partial charge in [0.25, 0.3) is 0 Å². The molecule has 0 spiro atoms. The average molecular weight is 279 g/mol. The summed E-state index contributed by atoms with van der Waals surface area (Å²) < 4.78 is 28.4. The third kappa shape index (κ3) is 1.95. The fourth-order valence-corrected chi connectivity index (χ4v) is 2.42. The summed E-state index contributed by atoms with van der Waals surface area (Å²) in [6.45, 7) is 0.649. The first-order valence-corrected chi connectivity index (χ1v) is 6.22. The lowest BCUT2D eigenvalue weighted by molar-refractivity contribution is 0.0697. The van der Waals surface area contributed by atoms with Gasteiger partial charge in [-0.15, -0.1) is 10.2 Å². The molecular formula is C13H11F2N3O2. The second kappa shape index (κ2) is 4.66. The summed E-state index contributed by atoms with van der Waals surface area (Å²) in [5, 5.41) is 17.1. The van der Waals surface area contributed by atoms with Crippen LogP contribution in [-0.4, -0.2) is 25.8 Å². The van der Waals surface area contributed by atoms with Gasteiger partial charge in [-0.05, 0) is 25.0 Å². The largest absolute Gasteiger partial charge is 0.478 e. The van der Waals surface area contributed by atoms with Crippen LogP contribution in [-0.2, 0) is 13.0 Å². The van der Waals surface area contributed by atoms with Crippen LogP contribution in [0.15, 0.2) is 12.1 Å². The van der Waals surface area contributed by atoms with Crippen molar-refractivity contribution in [1.82, 2.24) is 14.8 Å². The highest BCUT2D eigenvalue weighted by atomic mass is 19.2. The highest BCUT2D eigenvalue weighted by Crippen LogP contribution is 2.28. The molecule has 1 aromatic heterocycles. The van der Waals surface area contributed by atoms with Gasteiger partial charge in [-0.25, -0.2) is 13.6 Å². The first-order chi connectivity index (χ1) is 9.58. The van der Waals surface area contributed by atoms with Crippen LogP contribution >= 0.6 is 0 Å². The maximum absolute atomic E-state index is 13.4. The second-order valence-electron chi connectivity index (χ2n) is 4.67. The van der Waals surface area contributed by atoms with E-state index in [9.17, 15) is 13.6 Å². The number of aromatic nitrogens is 3. The van der Waals surface area contributed by atoms with Gasteiger partial charge in [-0.2, -0.15) is 0 Å². The molecule has 0 saturated heterocycles. The molecule has 0 aliphatic carbocycles. The first kappa shape index (κ1) is 12.7. The normalized spacial score (nSPS) is 14.1. The third-order valence-electron chi connectivity index (χ3n) is 3.39. The van der Waals surface area contributed by atoms with Gasteiger partial charge in [0.1, 0.15) is 5.82 Å². The number of halogens is 2. The monoisotopic (exact) mass is 279 g/mol. The van der Waals surface area contributed by atoms with Crippen molar-refractivity contribution in [2.24, 2.45) is 0 Å².